The molecule has 7 nitrogen and oxygen atoms in total. The number of benzene rings is 2. The van der Waals surface area contributed by atoms with Gasteiger partial charge in [-0.3, -0.25) is 9.59 Å². The zero-order chi connectivity index (χ0) is 21.0. The highest BCUT2D eigenvalue weighted by molar-refractivity contribution is 9.10. The van der Waals surface area contributed by atoms with Gasteiger partial charge in [-0.15, -0.1) is 0 Å². The van der Waals surface area contributed by atoms with E-state index >= 15 is 0 Å². The first kappa shape index (κ1) is 20.9. The number of sulfone groups is 1. The Labute approximate surface area is 176 Å². The SMILES string of the molecule is CCc1ccccc1NC(=O)Cn1nc(S(=O)(=O)c2ccc(Br)cc2)ccc1=O. The zero-order valence-electron chi connectivity index (χ0n) is 15.5. The molecule has 0 saturated carbocycles. The molecule has 1 heterocycles. The Balaban J connectivity index is 1.86. The summed E-state index contributed by atoms with van der Waals surface area (Å²) in [5.41, 5.74) is 1.03. The van der Waals surface area contributed by atoms with Crippen LogP contribution in [-0.2, 0) is 27.6 Å². The second-order valence-corrected chi connectivity index (χ2v) is 9.00. The number of anilines is 1. The van der Waals surface area contributed by atoms with Crippen LogP contribution in [0.1, 0.15) is 12.5 Å². The summed E-state index contributed by atoms with van der Waals surface area (Å²) in [5.74, 6) is -0.473. The van der Waals surface area contributed by atoms with Crippen LogP contribution in [0.25, 0.3) is 0 Å². The summed E-state index contributed by atoms with van der Waals surface area (Å²) in [7, 11) is -3.92. The van der Waals surface area contributed by atoms with Crippen LogP contribution in [0, 0.1) is 0 Å². The molecule has 1 aromatic heterocycles. The molecule has 0 fully saturated rings. The molecule has 3 aromatic rings. The first-order chi connectivity index (χ1) is 13.8. The van der Waals surface area contributed by atoms with Crippen molar-refractivity contribution in [1.82, 2.24) is 9.78 Å². The van der Waals surface area contributed by atoms with Gasteiger partial charge in [-0.25, -0.2) is 13.1 Å². The van der Waals surface area contributed by atoms with Crippen molar-refractivity contribution in [3.05, 3.63) is 81.1 Å². The lowest BCUT2D eigenvalue weighted by Gasteiger charge is -2.11. The number of hydrogen-bond donors (Lipinski definition) is 1. The fraction of sp³-hybridized carbons (Fsp3) is 0.150. The summed E-state index contributed by atoms with van der Waals surface area (Å²) in [6.45, 7) is 1.56. The van der Waals surface area contributed by atoms with E-state index in [1.807, 2.05) is 19.1 Å². The van der Waals surface area contributed by atoms with Gasteiger partial charge in [0.25, 0.3) is 5.56 Å². The molecule has 0 spiro atoms. The predicted molar refractivity (Wildman–Crippen MR) is 113 cm³/mol. The number of nitrogens with zero attached hydrogens (tertiary/aromatic N) is 2. The molecule has 0 atom stereocenters. The summed E-state index contributed by atoms with van der Waals surface area (Å²) in [6.07, 6.45) is 0.732. The molecule has 0 unspecified atom stereocenters. The zero-order valence-corrected chi connectivity index (χ0v) is 17.9. The normalized spacial score (nSPS) is 11.2. The smallest absolute Gasteiger partial charge is 0.267 e. The number of aromatic nitrogens is 2. The summed E-state index contributed by atoms with van der Waals surface area (Å²) in [5, 5.41) is 6.35. The van der Waals surface area contributed by atoms with E-state index in [2.05, 4.69) is 26.3 Å². The molecule has 9 heteroatoms. The van der Waals surface area contributed by atoms with Crippen LogP contribution in [0.2, 0.25) is 0 Å². The van der Waals surface area contributed by atoms with Gasteiger partial charge in [0.05, 0.1) is 4.90 Å². The predicted octanol–water partition coefficient (Wildman–Crippen LogP) is 3.04. The van der Waals surface area contributed by atoms with Crippen molar-refractivity contribution in [3.8, 4) is 0 Å². The number of carbonyl (C=O) groups excluding carboxylic acids is 1. The van der Waals surface area contributed by atoms with Crippen LogP contribution in [0.15, 0.2) is 79.9 Å². The molecule has 1 amide bonds. The van der Waals surface area contributed by atoms with Gasteiger partial charge >= 0.3 is 0 Å². The van der Waals surface area contributed by atoms with E-state index in [1.165, 1.54) is 12.1 Å². The molecule has 29 heavy (non-hydrogen) atoms. The molecule has 0 aliphatic heterocycles. The number of halogens is 1. The summed E-state index contributed by atoms with van der Waals surface area (Å²) >= 11 is 3.25. The second kappa shape index (κ2) is 8.71. The Hall–Kier alpha value is -2.78. The molecular formula is C20H18BrN3O4S. The Morgan fingerprint density at radius 3 is 2.45 bits per heavy atom. The molecule has 2 aromatic carbocycles. The van der Waals surface area contributed by atoms with E-state index in [0.29, 0.717) is 5.69 Å². The van der Waals surface area contributed by atoms with Gasteiger partial charge in [0.2, 0.25) is 15.7 Å². The monoisotopic (exact) mass is 475 g/mol. The van der Waals surface area contributed by atoms with Crippen LogP contribution in [-0.4, -0.2) is 24.1 Å². The average Bonchev–Trinajstić information content (AvgIpc) is 2.70. The van der Waals surface area contributed by atoms with Crippen molar-refractivity contribution in [2.24, 2.45) is 0 Å². The maximum absolute atomic E-state index is 12.8. The van der Waals surface area contributed by atoms with Crippen molar-refractivity contribution in [1.29, 1.82) is 0 Å². The van der Waals surface area contributed by atoms with Gasteiger partial charge in [-0.1, -0.05) is 41.1 Å². The van der Waals surface area contributed by atoms with E-state index in [0.717, 1.165) is 33.3 Å². The lowest BCUT2D eigenvalue weighted by molar-refractivity contribution is -0.117. The van der Waals surface area contributed by atoms with E-state index in [4.69, 9.17) is 0 Å². The minimum Gasteiger partial charge on any atom is -0.324 e. The largest absolute Gasteiger partial charge is 0.324 e. The van der Waals surface area contributed by atoms with Crippen molar-refractivity contribution >= 4 is 37.4 Å². The molecule has 0 aliphatic rings. The highest BCUT2D eigenvalue weighted by Crippen LogP contribution is 2.20. The van der Waals surface area contributed by atoms with E-state index in [1.54, 1.807) is 24.3 Å². The third-order valence-electron chi connectivity index (χ3n) is 4.21. The molecule has 0 bridgehead atoms. The molecule has 0 aliphatic carbocycles. The molecule has 3 rings (SSSR count). The average molecular weight is 476 g/mol. The number of carbonyl (C=O) groups is 1. The molecule has 0 saturated heterocycles. The van der Waals surface area contributed by atoms with Crippen LogP contribution < -0.4 is 10.9 Å². The van der Waals surface area contributed by atoms with Crippen LogP contribution >= 0.6 is 15.9 Å². The maximum Gasteiger partial charge on any atom is 0.267 e. The number of aryl methyl sites for hydroxylation is 1. The minimum absolute atomic E-state index is 0.0414. The van der Waals surface area contributed by atoms with Gasteiger partial charge in [0.1, 0.15) is 6.54 Å². The highest BCUT2D eigenvalue weighted by atomic mass is 79.9. The van der Waals surface area contributed by atoms with Gasteiger partial charge < -0.3 is 5.32 Å². The summed E-state index contributed by atoms with van der Waals surface area (Å²) in [6, 6.07) is 15.6. The Morgan fingerprint density at radius 1 is 1.07 bits per heavy atom. The van der Waals surface area contributed by atoms with Gasteiger partial charge in [-0.05, 0) is 48.4 Å². The Morgan fingerprint density at radius 2 is 1.76 bits per heavy atom. The van der Waals surface area contributed by atoms with Crippen molar-refractivity contribution in [3.63, 3.8) is 0 Å². The lowest BCUT2D eigenvalue weighted by Crippen LogP contribution is -2.30. The Bertz CT molecular complexity index is 1200. The van der Waals surface area contributed by atoms with E-state index in [9.17, 15) is 18.0 Å². The third-order valence-corrected chi connectivity index (χ3v) is 6.40. The number of para-hydroxylation sites is 1. The number of amides is 1. The standard InChI is InChI=1S/C20H18BrN3O4S/c1-2-14-5-3-4-6-17(14)22-18(25)13-24-20(26)12-11-19(23-24)29(27,28)16-9-7-15(21)8-10-16/h3-12H,2,13H2,1H3,(H,22,25). The van der Waals surface area contributed by atoms with Crippen molar-refractivity contribution in [2.45, 2.75) is 29.8 Å². The first-order valence-corrected chi connectivity index (χ1v) is 11.1. The molecule has 150 valence electrons. The minimum atomic E-state index is -3.92. The number of nitrogens with one attached hydrogen (secondary N) is 1. The van der Waals surface area contributed by atoms with Crippen LogP contribution in [0.4, 0.5) is 5.69 Å². The molecular weight excluding hydrogens is 458 g/mol. The fourth-order valence-electron chi connectivity index (χ4n) is 2.70. The summed E-state index contributed by atoms with van der Waals surface area (Å²) < 4.78 is 27.1. The topological polar surface area (TPSA) is 98.1 Å². The number of rotatable bonds is 6. The van der Waals surface area contributed by atoms with Crippen LogP contribution in [0.5, 0.6) is 0 Å². The van der Waals surface area contributed by atoms with Crippen molar-refractivity contribution < 1.29 is 13.2 Å². The second-order valence-electron chi connectivity index (χ2n) is 6.18. The van der Waals surface area contributed by atoms with Crippen molar-refractivity contribution in [2.75, 3.05) is 5.32 Å². The van der Waals surface area contributed by atoms with Crippen LogP contribution in [0.3, 0.4) is 0 Å². The van der Waals surface area contributed by atoms with E-state index < -0.39 is 27.8 Å². The highest BCUT2D eigenvalue weighted by Gasteiger charge is 2.21. The Kier molecular flexibility index (Phi) is 6.29. The first-order valence-electron chi connectivity index (χ1n) is 8.78. The van der Waals surface area contributed by atoms with Gasteiger partial charge in [0.15, 0.2) is 5.03 Å². The van der Waals surface area contributed by atoms with Gasteiger partial charge in [0, 0.05) is 16.2 Å². The van der Waals surface area contributed by atoms with E-state index in [-0.39, 0.29) is 9.92 Å². The fourth-order valence-corrected chi connectivity index (χ4v) is 4.15. The summed E-state index contributed by atoms with van der Waals surface area (Å²) in [4.78, 5) is 24.6. The lowest BCUT2D eigenvalue weighted by atomic mass is 10.1. The third kappa shape index (κ3) is 4.80. The maximum atomic E-state index is 12.8. The van der Waals surface area contributed by atoms with Gasteiger partial charge in [-0.2, -0.15) is 5.10 Å². The quantitative estimate of drug-likeness (QED) is 0.590. The number of hydrogen-bond acceptors (Lipinski definition) is 5. The molecule has 1 N–H and O–H groups in total. The molecule has 0 radical (unpaired) electrons.